The summed E-state index contributed by atoms with van der Waals surface area (Å²) in [5.74, 6) is -0.797. The van der Waals surface area contributed by atoms with Crippen LogP contribution in [0.3, 0.4) is 0 Å². The third-order valence-electron chi connectivity index (χ3n) is 5.98. The molecule has 1 aliphatic heterocycles. The van der Waals surface area contributed by atoms with E-state index in [2.05, 4.69) is 0 Å². The van der Waals surface area contributed by atoms with E-state index >= 15 is 0 Å². The number of fused-ring (bicyclic) bond motifs is 1. The number of amides is 1. The molecule has 0 bridgehead atoms. The van der Waals surface area contributed by atoms with Crippen LogP contribution >= 0.6 is 11.6 Å². The van der Waals surface area contributed by atoms with Gasteiger partial charge in [-0.15, -0.1) is 0 Å². The number of rotatable bonds is 6. The molecule has 4 nitrogen and oxygen atoms in total. The Bertz CT molecular complexity index is 1160. The van der Waals surface area contributed by atoms with Crippen LogP contribution in [0.1, 0.15) is 46.0 Å². The second kappa shape index (κ2) is 8.29. The number of aliphatic hydroxyl groups is 1. The van der Waals surface area contributed by atoms with Gasteiger partial charge < -0.3 is 10.0 Å². The molecule has 1 aliphatic rings. The lowest BCUT2D eigenvalue weighted by molar-refractivity contribution is -0.136. The molecule has 1 amide bonds. The average Bonchev–Trinajstić information content (AvgIpc) is 2.96. The number of hydrogen-bond donors (Lipinski definition) is 1. The van der Waals surface area contributed by atoms with Crippen LogP contribution in [-0.4, -0.2) is 16.8 Å². The second-order valence-electron chi connectivity index (χ2n) is 7.99. The fraction of sp³-hybridized carbons (Fsp3) is 0.231. The second-order valence-corrected chi connectivity index (χ2v) is 8.43. The average molecular weight is 434 g/mol. The number of halogens is 1. The van der Waals surface area contributed by atoms with E-state index < -0.39 is 11.5 Å². The number of nitrogens with zero attached hydrogens (tertiary/aromatic N) is 1. The van der Waals surface area contributed by atoms with Crippen molar-refractivity contribution < 1.29 is 14.7 Å². The minimum atomic E-state index is -1.95. The molecule has 0 radical (unpaired) electrons. The predicted molar refractivity (Wildman–Crippen MR) is 122 cm³/mol. The summed E-state index contributed by atoms with van der Waals surface area (Å²) >= 11 is 6.19. The highest BCUT2D eigenvalue weighted by Gasteiger charge is 2.51. The number of ketones is 1. The molecular weight excluding hydrogens is 410 g/mol. The van der Waals surface area contributed by atoms with Crippen LogP contribution in [0.5, 0.6) is 0 Å². The summed E-state index contributed by atoms with van der Waals surface area (Å²) < 4.78 is 0. The van der Waals surface area contributed by atoms with Crippen molar-refractivity contribution in [3.05, 3.63) is 99.6 Å². The number of carbonyl (C=O) groups excluding carboxylic acids is 2. The summed E-state index contributed by atoms with van der Waals surface area (Å²) in [5.41, 5.74) is 2.61. The quantitative estimate of drug-likeness (QED) is 0.542. The molecule has 158 valence electrons. The molecule has 4 rings (SSSR count). The van der Waals surface area contributed by atoms with Crippen LogP contribution in [0, 0.1) is 6.92 Å². The number of Topliss-reactive ketones (excluding diaryl/α,β-unsaturated/α-hetero) is 1. The van der Waals surface area contributed by atoms with Crippen LogP contribution in [0.4, 0.5) is 5.69 Å². The van der Waals surface area contributed by atoms with E-state index in [1.54, 1.807) is 35.2 Å². The van der Waals surface area contributed by atoms with Gasteiger partial charge in [-0.3, -0.25) is 9.59 Å². The number of anilines is 1. The zero-order chi connectivity index (χ0) is 22.2. The minimum absolute atomic E-state index is 0.290. The van der Waals surface area contributed by atoms with Crippen molar-refractivity contribution in [1.82, 2.24) is 0 Å². The van der Waals surface area contributed by atoms with Crippen LogP contribution < -0.4 is 4.90 Å². The standard InChI is InChI=1S/C26H24ClNO3/c1-3-18-8-10-19(11-9-18)24(29)15-26(31)22-14-21(27)12-13-23(22)28(25(26)30)16-20-7-5-4-6-17(20)2/h4-14,31H,3,15-16H2,1-2H3. The molecule has 0 aliphatic carbocycles. The predicted octanol–water partition coefficient (Wildman–Crippen LogP) is 5.22. The largest absolute Gasteiger partial charge is 0.375 e. The van der Waals surface area contributed by atoms with Crippen molar-refractivity contribution in [2.24, 2.45) is 0 Å². The minimum Gasteiger partial charge on any atom is -0.375 e. The van der Waals surface area contributed by atoms with Crippen molar-refractivity contribution >= 4 is 29.0 Å². The summed E-state index contributed by atoms with van der Waals surface area (Å²) in [4.78, 5) is 28.0. The van der Waals surface area contributed by atoms with E-state index in [0.717, 1.165) is 23.1 Å². The summed E-state index contributed by atoms with van der Waals surface area (Å²) in [7, 11) is 0. The van der Waals surface area contributed by atoms with Gasteiger partial charge in [0.2, 0.25) is 0 Å². The van der Waals surface area contributed by atoms with E-state index in [4.69, 9.17) is 11.6 Å². The topological polar surface area (TPSA) is 57.6 Å². The normalized spacial score (nSPS) is 17.7. The number of hydrogen-bond acceptors (Lipinski definition) is 3. The first-order chi connectivity index (χ1) is 14.8. The van der Waals surface area contributed by atoms with Crippen molar-refractivity contribution in [2.75, 3.05) is 4.90 Å². The fourth-order valence-corrected chi connectivity index (χ4v) is 4.24. The third kappa shape index (κ3) is 3.89. The van der Waals surface area contributed by atoms with Crippen LogP contribution in [0.15, 0.2) is 66.7 Å². The molecule has 31 heavy (non-hydrogen) atoms. The van der Waals surface area contributed by atoms with E-state index in [1.807, 2.05) is 50.2 Å². The first-order valence-corrected chi connectivity index (χ1v) is 10.7. The lowest BCUT2D eigenvalue weighted by Gasteiger charge is -2.23. The number of benzene rings is 3. The molecule has 1 N–H and O–H groups in total. The molecule has 1 heterocycles. The van der Waals surface area contributed by atoms with Crippen molar-refractivity contribution in [2.45, 2.75) is 38.8 Å². The molecule has 0 aromatic heterocycles. The van der Waals surface area contributed by atoms with E-state index in [9.17, 15) is 14.7 Å². The Labute approximate surface area is 187 Å². The van der Waals surface area contributed by atoms with Gasteiger partial charge in [0.1, 0.15) is 0 Å². The highest BCUT2D eigenvalue weighted by molar-refractivity contribution is 6.31. The summed E-state index contributed by atoms with van der Waals surface area (Å²) in [6, 6.07) is 20.1. The summed E-state index contributed by atoms with van der Waals surface area (Å²) in [5, 5.41) is 11.9. The Hall–Kier alpha value is -2.95. The van der Waals surface area contributed by atoms with Gasteiger partial charge in [0.25, 0.3) is 5.91 Å². The Kier molecular flexibility index (Phi) is 5.69. The lowest BCUT2D eigenvalue weighted by atomic mass is 9.88. The Morgan fingerprint density at radius 2 is 1.77 bits per heavy atom. The maximum atomic E-state index is 13.5. The molecule has 0 fully saturated rings. The summed E-state index contributed by atoms with van der Waals surface area (Å²) in [6.07, 6.45) is 0.533. The van der Waals surface area contributed by atoms with E-state index in [-0.39, 0.29) is 12.2 Å². The Balaban J connectivity index is 1.70. The van der Waals surface area contributed by atoms with Gasteiger partial charge >= 0.3 is 0 Å². The molecule has 1 atom stereocenters. The van der Waals surface area contributed by atoms with Crippen LogP contribution in [0.25, 0.3) is 0 Å². The highest BCUT2D eigenvalue weighted by Crippen LogP contribution is 2.44. The Morgan fingerprint density at radius 3 is 2.45 bits per heavy atom. The van der Waals surface area contributed by atoms with E-state index in [0.29, 0.717) is 28.4 Å². The molecule has 1 unspecified atom stereocenters. The van der Waals surface area contributed by atoms with Gasteiger partial charge in [0.15, 0.2) is 11.4 Å². The first-order valence-electron chi connectivity index (χ1n) is 10.3. The van der Waals surface area contributed by atoms with Gasteiger partial charge in [0.05, 0.1) is 18.7 Å². The lowest BCUT2D eigenvalue weighted by Crippen LogP contribution is -2.41. The fourth-order valence-electron chi connectivity index (χ4n) is 4.07. The molecular formula is C26H24ClNO3. The zero-order valence-corrected chi connectivity index (χ0v) is 18.3. The molecule has 5 heteroatoms. The van der Waals surface area contributed by atoms with E-state index in [1.165, 1.54) is 0 Å². The van der Waals surface area contributed by atoms with Crippen LogP contribution in [0.2, 0.25) is 5.02 Å². The molecule has 0 saturated carbocycles. The van der Waals surface area contributed by atoms with Gasteiger partial charge in [-0.2, -0.15) is 0 Å². The first kappa shape index (κ1) is 21.3. The number of aryl methyl sites for hydroxylation is 2. The van der Waals surface area contributed by atoms with Crippen molar-refractivity contribution in [1.29, 1.82) is 0 Å². The van der Waals surface area contributed by atoms with Gasteiger partial charge in [-0.1, -0.05) is 67.1 Å². The molecule has 3 aromatic carbocycles. The maximum Gasteiger partial charge on any atom is 0.264 e. The number of carbonyl (C=O) groups is 2. The Morgan fingerprint density at radius 1 is 1.06 bits per heavy atom. The van der Waals surface area contributed by atoms with Crippen LogP contribution in [-0.2, 0) is 23.4 Å². The highest BCUT2D eigenvalue weighted by atomic mass is 35.5. The molecule has 0 saturated heterocycles. The van der Waals surface area contributed by atoms with Crippen molar-refractivity contribution in [3.8, 4) is 0 Å². The molecule has 3 aromatic rings. The smallest absolute Gasteiger partial charge is 0.264 e. The maximum absolute atomic E-state index is 13.5. The summed E-state index contributed by atoms with van der Waals surface area (Å²) in [6.45, 7) is 4.33. The van der Waals surface area contributed by atoms with Gasteiger partial charge in [0, 0.05) is 16.1 Å². The van der Waals surface area contributed by atoms with Crippen molar-refractivity contribution in [3.63, 3.8) is 0 Å². The zero-order valence-electron chi connectivity index (χ0n) is 17.6. The van der Waals surface area contributed by atoms with Gasteiger partial charge in [-0.05, 0) is 48.2 Å². The van der Waals surface area contributed by atoms with Gasteiger partial charge in [-0.25, -0.2) is 0 Å². The monoisotopic (exact) mass is 433 g/mol. The molecule has 0 spiro atoms. The SMILES string of the molecule is CCc1ccc(C(=O)CC2(O)C(=O)N(Cc3ccccc3C)c3ccc(Cl)cc32)cc1. The third-order valence-corrected chi connectivity index (χ3v) is 6.22.